The van der Waals surface area contributed by atoms with Gasteiger partial charge in [0.2, 0.25) is 0 Å². The zero-order chi connectivity index (χ0) is 16.3. The molecule has 1 atom stereocenters. The first kappa shape index (κ1) is 23.2. The van der Waals surface area contributed by atoms with Gasteiger partial charge in [-0.15, -0.1) is 24.8 Å². The van der Waals surface area contributed by atoms with Gasteiger partial charge in [0.05, 0.1) is 18.7 Å². The fourth-order valence-corrected chi connectivity index (χ4v) is 2.58. The first-order valence-corrected chi connectivity index (χ1v) is 6.82. The van der Waals surface area contributed by atoms with Crippen molar-refractivity contribution in [1.82, 2.24) is 10.2 Å². The van der Waals surface area contributed by atoms with Gasteiger partial charge < -0.3 is 10.1 Å². The summed E-state index contributed by atoms with van der Waals surface area (Å²) in [6.07, 6.45) is -7.26. The number of hydrogen-bond acceptors (Lipinski definition) is 3. The Balaban J connectivity index is 0.00000264. The Hall–Kier alpha value is -0.830. The summed E-state index contributed by atoms with van der Waals surface area (Å²) in [5.41, 5.74) is -0.839. The quantitative estimate of drug-likeness (QED) is 0.784. The maximum atomic E-state index is 13.5. The molecule has 1 aliphatic heterocycles. The van der Waals surface area contributed by atoms with Crippen LogP contribution in [0, 0.1) is 0 Å². The van der Waals surface area contributed by atoms with E-state index in [2.05, 4.69) is 5.32 Å². The summed E-state index contributed by atoms with van der Waals surface area (Å²) in [6.45, 7) is 1.93. The summed E-state index contributed by atoms with van der Waals surface area (Å²) >= 11 is 0. The van der Waals surface area contributed by atoms with Gasteiger partial charge in [-0.05, 0) is 12.1 Å². The van der Waals surface area contributed by atoms with Crippen LogP contribution in [0.5, 0.6) is 5.75 Å². The molecule has 1 N–H and O–H groups in total. The van der Waals surface area contributed by atoms with E-state index < -0.39 is 24.2 Å². The highest BCUT2D eigenvalue weighted by atomic mass is 35.5. The van der Waals surface area contributed by atoms with Gasteiger partial charge in [-0.2, -0.15) is 13.2 Å². The van der Waals surface area contributed by atoms with Crippen LogP contribution in [0.3, 0.4) is 0 Å². The zero-order valence-electron chi connectivity index (χ0n) is 12.8. The van der Waals surface area contributed by atoms with Crippen LogP contribution in [0.2, 0.25) is 0 Å². The average molecular weight is 397 g/mol. The van der Waals surface area contributed by atoms with E-state index in [-0.39, 0.29) is 36.1 Å². The summed E-state index contributed by atoms with van der Waals surface area (Å²) in [4.78, 5) is 1.56. The maximum absolute atomic E-state index is 13.5. The van der Waals surface area contributed by atoms with E-state index in [0.29, 0.717) is 26.2 Å². The summed E-state index contributed by atoms with van der Waals surface area (Å²) in [6, 6.07) is 1.39. The number of nitrogens with zero attached hydrogens (tertiary/aromatic N) is 1. The number of ether oxygens (including phenoxy) is 1. The van der Waals surface area contributed by atoms with E-state index in [1.165, 1.54) is 7.11 Å². The third kappa shape index (κ3) is 5.34. The lowest BCUT2D eigenvalue weighted by Crippen LogP contribution is -2.47. The van der Waals surface area contributed by atoms with Gasteiger partial charge in [0.1, 0.15) is 5.75 Å². The average Bonchev–Trinajstić information content (AvgIpc) is 2.47. The highest BCUT2D eigenvalue weighted by Gasteiger charge is 2.35. The Morgan fingerprint density at radius 2 is 1.71 bits per heavy atom. The second-order valence-corrected chi connectivity index (χ2v) is 5.02. The number of methoxy groups -OCH3 is 1. The Labute approximate surface area is 149 Å². The van der Waals surface area contributed by atoms with E-state index in [1.54, 1.807) is 4.90 Å². The van der Waals surface area contributed by atoms with Crippen molar-refractivity contribution in [3.05, 3.63) is 29.3 Å². The lowest BCUT2D eigenvalue weighted by Gasteiger charge is -2.35. The number of hydrogen-bond donors (Lipinski definition) is 1. The Kier molecular flexibility index (Phi) is 9.27. The molecule has 0 amide bonds. The van der Waals surface area contributed by atoms with Gasteiger partial charge in [-0.1, -0.05) is 6.07 Å². The molecule has 1 heterocycles. The van der Waals surface area contributed by atoms with E-state index in [9.17, 15) is 22.0 Å². The summed E-state index contributed by atoms with van der Waals surface area (Å²) < 4.78 is 70.1. The fraction of sp³-hybridized carbons (Fsp3) is 0.571. The number of alkyl halides is 5. The summed E-state index contributed by atoms with van der Waals surface area (Å²) in [5, 5.41) is 3.05. The second kappa shape index (κ2) is 9.60. The minimum Gasteiger partial charge on any atom is -0.496 e. The first-order chi connectivity index (χ1) is 10.3. The summed E-state index contributed by atoms with van der Waals surface area (Å²) in [5.74, 6) is -0.168. The van der Waals surface area contributed by atoms with Crippen molar-refractivity contribution in [1.29, 1.82) is 0 Å². The number of nitrogens with one attached hydrogen (secondary N) is 1. The molecule has 1 saturated heterocycles. The predicted octanol–water partition coefficient (Wildman–Crippen LogP) is 3.77. The topological polar surface area (TPSA) is 24.5 Å². The Morgan fingerprint density at radius 1 is 1.12 bits per heavy atom. The van der Waals surface area contributed by atoms with Gasteiger partial charge in [0.25, 0.3) is 6.43 Å². The number of rotatable bonds is 4. The van der Waals surface area contributed by atoms with Crippen LogP contribution in [0.25, 0.3) is 0 Å². The minimum atomic E-state index is -4.54. The number of benzene rings is 1. The molecule has 3 nitrogen and oxygen atoms in total. The van der Waals surface area contributed by atoms with Gasteiger partial charge in [0.15, 0.2) is 0 Å². The van der Waals surface area contributed by atoms with Crippen molar-refractivity contribution in [3.8, 4) is 5.75 Å². The van der Waals surface area contributed by atoms with Crippen LogP contribution >= 0.6 is 24.8 Å². The predicted molar refractivity (Wildman–Crippen MR) is 85.7 cm³/mol. The van der Waals surface area contributed by atoms with Crippen molar-refractivity contribution in [2.45, 2.75) is 18.6 Å². The van der Waals surface area contributed by atoms with Crippen molar-refractivity contribution in [3.63, 3.8) is 0 Å². The molecular weight excluding hydrogens is 378 g/mol. The van der Waals surface area contributed by atoms with Gasteiger partial charge in [-0.25, -0.2) is 8.78 Å². The normalized spacial score (nSPS) is 17.0. The molecule has 0 saturated carbocycles. The third-order valence-electron chi connectivity index (χ3n) is 3.66. The molecule has 24 heavy (non-hydrogen) atoms. The molecule has 1 aliphatic rings. The van der Waals surface area contributed by atoms with Crippen molar-refractivity contribution in [2.75, 3.05) is 33.3 Å². The molecule has 1 fully saturated rings. The minimum absolute atomic E-state index is 0. The smallest absolute Gasteiger partial charge is 0.416 e. The lowest BCUT2D eigenvalue weighted by molar-refractivity contribution is -0.137. The van der Waals surface area contributed by atoms with Gasteiger partial charge in [0, 0.05) is 31.7 Å². The first-order valence-electron chi connectivity index (χ1n) is 6.82. The monoisotopic (exact) mass is 396 g/mol. The molecule has 0 bridgehead atoms. The third-order valence-corrected chi connectivity index (χ3v) is 3.66. The summed E-state index contributed by atoms with van der Waals surface area (Å²) in [7, 11) is 1.18. The van der Waals surface area contributed by atoms with Crippen molar-refractivity contribution in [2.24, 2.45) is 0 Å². The molecule has 1 aromatic carbocycles. The molecular formula is C14H19Cl2F5N2O. The van der Waals surface area contributed by atoms with Crippen molar-refractivity contribution >= 4 is 24.8 Å². The van der Waals surface area contributed by atoms with E-state index in [4.69, 9.17) is 4.74 Å². The molecule has 0 radical (unpaired) electrons. The van der Waals surface area contributed by atoms with Gasteiger partial charge in [-0.3, -0.25) is 4.90 Å². The Morgan fingerprint density at radius 3 is 2.17 bits per heavy atom. The maximum Gasteiger partial charge on any atom is 0.416 e. The lowest BCUT2D eigenvalue weighted by atomic mass is 10.0. The molecule has 140 valence electrons. The largest absolute Gasteiger partial charge is 0.496 e. The molecule has 10 heteroatoms. The molecule has 0 aromatic heterocycles. The van der Waals surface area contributed by atoms with E-state index in [0.717, 1.165) is 18.2 Å². The Bertz CT molecular complexity index is 510. The number of halogens is 7. The molecule has 1 aromatic rings. The molecule has 0 unspecified atom stereocenters. The van der Waals surface area contributed by atoms with E-state index >= 15 is 0 Å². The van der Waals surface area contributed by atoms with Crippen molar-refractivity contribution < 1.29 is 26.7 Å². The van der Waals surface area contributed by atoms with E-state index in [1.807, 2.05) is 0 Å². The van der Waals surface area contributed by atoms with Crippen LogP contribution in [0.1, 0.15) is 17.2 Å². The standard InChI is InChI=1S/C14H17F5N2O.2ClH/c1-22-11-8-9(14(17,18)19)2-3-10(11)12(13(15)16)21-6-4-20-5-7-21;;/h2-3,8,12-13,20H,4-7H2,1H3;2*1H/t12-;;/m1../s1. The van der Waals surface area contributed by atoms with Crippen LogP contribution in [-0.2, 0) is 6.18 Å². The zero-order valence-corrected chi connectivity index (χ0v) is 14.4. The van der Waals surface area contributed by atoms with Gasteiger partial charge >= 0.3 is 6.18 Å². The van der Waals surface area contributed by atoms with Crippen LogP contribution in [0.15, 0.2) is 18.2 Å². The van der Waals surface area contributed by atoms with Crippen LogP contribution < -0.4 is 10.1 Å². The highest BCUT2D eigenvalue weighted by molar-refractivity contribution is 5.85. The molecule has 0 spiro atoms. The highest BCUT2D eigenvalue weighted by Crippen LogP contribution is 2.38. The fourth-order valence-electron chi connectivity index (χ4n) is 2.58. The SMILES string of the molecule is COc1cc(C(F)(F)F)ccc1[C@H](C(F)F)N1CCNCC1.Cl.Cl. The van der Waals surface area contributed by atoms with Crippen LogP contribution in [-0.4, -0.2) is 44.6 Å². The second-order valence-electron chi connectivity index (χ2n) is 5.02. The van der Waals surface area contributed by atoms with Crippen LogP contribution in [0.4, 0.5) is 22.0 Å². The number of piperazine rings is 1. The molecule has 0 aliphatic carbocycles. The molecule has 2 rings (SSSR count).